The van der Waals surface area contributed by atoms with Crippen LogP contribution in [0.5, 0.6) is 11.5 Å². The first-order valence-corrected chi connectivity index (χ1v) is 37.2. The number of piperidine rings is 1. The lowest BCUT2D eigenvalue weighted by Gasteiger charge is -2.36. The van der Waals surface area contributed by atoms with Crippen molar-refractivity contribution in [1.29, 1.82) is 5.26 Å². The van der Waals surface area contributed by atoms with Gasteiger partial charge in [0.15, 0.2) is 38.7 Å². The summed E-state index contributed by atoms with van der Waals surface area (Å²) in [5, 5.41) is 19.5. The average Bonchev–Trinajstić information content (AvgIpc) is 1.61. The second-order valence-electron chi connectivity index (χ2n) is 25.2. The second-order valence-corrected chi connectivity index (χ2v) is 29.8. The SMILES string of the molecule is CCOCCN1CC[C@H](CS(=O)(=O)c2ccc(O[C@H]3c4cc(Cl)cc(C#N)c4C[C@@H]3N3CCNCC3)c(F)c2)C1.[C-]#[N+]c1cc(Cl)cc2c1C[C@H](N1CCCCC1)[C@H]2Oc1ccc(S(=O)(=O)N[C@H]2CCN(CCOCCNC(=O)NCCCCCC(=O)CCC)C2)cc1F. The van der Waals surface area contributed by atoms with Crippen molar-refractivity contribution in [3.63, 3.8) is 0 Å². The summed E-state index contributed by atoms with van der Waals surface area (Å²) in [6.45, 7) is 23.8. The van der Waals surface area contributed by atoms with Crippen molar-refractivity contribution in [3.8, 4) is 17.6 Å². The standard InChI is InChI=1S/C39H54ClFN6O6S.C29H36ClFN4O4S/c1-3-10-30(48)11-6-4-7-15-43-39(49)44-16-21-52-22-20-46-19-14-29(27-46)45-54(50,51)31-12-13-37(34(41)25-31)53-38-33-23-28(40)24-35(42-2)32(33)26-36(38)47-17-8-5-9-18-47;1-2-38-12-11-34-8-5-20(18-34)19-40(36,37)23-3-4-28(26(31)15-23)39-29-25-14-22(30)13-21(17-32)24(25)16-27(29)35-9-6-33-7-10-35/h12-13,23-25,29,36,38,45H,3-11,14-22,26-27H2,1H3,(H2,43,44,49);3-4,13-15,20,27,29,33H,2,5-12,16,18-19H2,1H3/t29-,36-,38-;20-,27-,29-/m00/s1. The van der Waals surface area contributed by atoms with Crippen molar-refractivity contribution in [3.05, 3.63) is 122 Å². The first-order chi connectivity index (χ1) is 45.4. The number of sulfonamides is 1. The molecule has 94 heavy (non-hydrogen) atoms. The van der Waals surface area contributed by atoms with Crippen molar-refractivity contribution in [1.82, 2.24) is 40.3 Å². The van der Waals surface area contributed by atoms with E-state index in [0.29, 0.717) is 125 Å². The molecule has 0 radical (unpaired) electrons. The van der Waals surface area contributed by atoms with E-state index in [4.69, 9.17) is 48.7 Å². The number of unbranched alkanes of at least 4 members (excludes halogenated alkanes) is 2. The molecular formula is C68H90Cl2F2N10O10S2. The number of carbonyl (C=O) groups is 2. The number of hydrogen-bond acceptors (Lipinski definition) is 16. The predicted octanol–water partition coefficient (Wildman–Crippen LogP) is 9.59. The summed E-state index contributed by atoms with van der Waals surface area (Å²) >= 11 is 12.7. The van der Waals surface area contributed by atoms with Gasteiger partial charge in [0.25, 0.3) is 0 Å². The number of urea groups is 1. The summed E-state index contributed by atoms with van der Waals surface area (Å²) in [5.74, 6) is -1.28. The van der Waals surface area contributed by atoms with Gasteiger partial charge in [-0.15, -0.1) is 0 Å². The summed E-state index contributed by atoms with van der Waals surface area (Å²) in [4.78, 5) is 36.0. The molecule has 0 bridgehead atoms. The molecular weight excluding hydrogens is 1290 g/mol. The number of benzene rings is 4. The second kappa shape index (κ2) is 35.1. The fraction of sp³-hybridized carbons (Fsp3) is 0.588. The molecule has 0 spiro atoms. The largest absolute Gasteiger partial charge is 0.481 e. The summed E-state index contributed by atoms with van der Waals surface area (Å²) in [6, 6.07) is 16.0. The minimum atomic E-state index is -4.00. The number of nitrogens with zero attached hydrogens (tertiary/aromatic N) is 6. The van der Waals surface area contributed by atoms with E-state index in [0.717, 1.165) is 138 Å². The predicted molar refractivity (Wildman–Crippen MR) is 357 cm³/mol. The van der Waals surface area contributed by atoms with Gasteiger partial charge in [0, 0.05) is 101 Å². The number of piperazine rings is 1. The van der Waals surface area contributed by atoms with Crippen LogP contribution in [0.15, 0.2) is 70.5 Å². The summed E-state index contributed by atoms with van der Waals surface area (Å²) in [5.41, 5.74) is 4.25. The maximum Gasteiger partial charge on any atom is 0.314 e. The number of nitriles is 1. The Morgan fingerprint density at radius 1 is 0.713 bits per heavy atom. The lowest BCUT2D eigenvalue weighted by molar-refractivity contribution is -0.119. The number of sulfone groups is 1. The van der Waals surface area contributed by atoms with Gasteiger partial charge in [-0.2, -0.15) is 5.26 Å². The van der Waals surface area contributed by atoms with Crippen LogP contribution in [0.2, 0.25) is 10.0 Å². The molecule has 4 aromatic carbocycles. The Balaban J connectivity index is 0.000000231. The third-order valence-electron chi connectivity index (χ3n) is 18.5. The molecule has 4 saturated heterocycles. The van der Waals surface area contributed by atoms with Gasteiger partial charge in [-0.25, -0.2) is 40.0 Å². The van der Waals surface area contributed by atoms with Gasteiger partial charge >= 0.3 is 6.03 Å². The summed E-state index contributed by atoms with van der Waals surface area (Å²) < 4.78 is 111. The van der Waals surface area contributed by atoms with Crippen LogP contribution in [0.4, 0.5) is 19.3 Å². The van der Waals surface area contributed by atoms with E-state index in [1.54, 1.807) is 24.3 Å². The molecule has 0 saturated carbocycles. The number of ether oxygens (including phenoxy) is 4. The monoisotopic (exact) mass is 1380 g/mol. The number of likely N-dealkylation sites (tertiary alicyclic amines) is 3. The van der Waals surface area contributed by atoms with Crippen LogP contribution in [-0.4, -0.2) is 190 Å². The minimum absolute atomic E-state index is 0.000487. The highest BCUT2D eigenvalue weighted by molar-refractivity contribution is 7.91. The lowest BCUT2D eigenvalue weighted by Crippen LogP contribution is -2.50. The van der Waals surface area contributed by atoms with Crippen LogP contribution in [-0.2, 0) is 47.0 Å². The zero-order valence-electron chi connectivity index (χ0n) is 54.0. The van der Waals surface area contributed by atoms with Gasteiger partial charge in [-0.1, -0.05) is 43.0 Å². The molecule has 2 aliphatic carbocycles. The Hall–Kier alpha value is -5.58. The summed E-state index contributed by atoms with van der Waals surface area (Å²) in [7, 11) is -7.68. The van der Waals surface area contributed by atoms with E-state index in [1.807, 2.05) is 13.8 Å². The van der Waals surface area contributed by atoms with E-state index in [-0.39, 0.29) is 57.1 Å². The molecule has 26 heteroatoms. The topological polar surface area (TPSA) is 229 Å². The molecule has 0 unspecified atom stereocenters. The first kappa shape index (κ1) is 72.7. The number of nitrogens with one attached hydrogen (secondary N) is 4. The summed E-state index contributed by atoms with van der Waals surface area (Å²) in [6.07, 6.45) is 9.46. The molecule has 4 N–H and O–H groups in total. The molecule has 20 nitrogen and oxygen atoms in total. The highest BCUT2D eigenvalue weighted by Crippen LogP contribution is 2.46. The van der Waals surface area contributed by atoms with E-state index >= 15 is 8.78 Å². The molecule has 4 aliphatic heterocycles. The lowest BCUT2D eigenvalue weighted by atomic mass is 10.0. The zero-order valence-corrected chi connectivity index (χ0v) is 57.1. The Bertz CT molecular complexity index is 3550. The van der Waals surface area contributed by atoms with Crippen LogP contribution in [0, 0.1) is 35.5 Å². The van der Waals surface area contributed by atoms with Crippen molar-refractivity contribution in [2.75, 3.05) is 124 Å². The zero-order chi connectivity index (χ0) is 66.8. The van der Waals surface area contributed by atoms with Crippen LogP contribution in [0.1, 0.15) is 125 Å². The van der Waals surface area contributed by atoms with Crippen molar-refractivity contribution in [2.24, 2.45) is 5.92 Å². The molecule has 4 aromatic rings. The number of hydrogen-bond donors (Lipinski definition) is 4. The van der Waals surface area contributed by atoms with Gasteiger partial charge in [0.1, 0.15) is 18.0 Å². The van der Waals surface area contributed by atoms with Crippen LogP contribution in [0.3, 0.4) is 0 Å². The Morgan fingerprint density at radius 3 is 2.00 bits per heavy atom. The number of amides is 2. The maximum atomic E-state index is 15.6. The molecule has 10 rings (SSSR count). The molecule has 6 aliphatic rings. The Kier molecular flexibility index (Phi) is 27.1. The van der Waals surface area contributed by atoms with Crippen molar-refractivity contribution in [2.45, 2.75) is 137 Å². The van der Waals surface area contributed by atoms with Crippen LogP contribution < -0.4 is 30.1 Å². The van der Waals surface area contributed by atoms with Crippen LogP contribution >= 0.6 is 23.2 Å². The normalized spacial score (nSPS) is 21.8. The van der Waals surface area contributed by atoms with Gasteiger partial charge in [-0.05, 0) is 180 Å². The third-order valence-corrected chi connectivity index (χ3v) is 22.4. The molecule has 4 fully saturated rings. The number of fused-ring (bicyclic) bond motifs is 2. The Morgan fingerprint density at radius 2 is 1.33 bits per heavy atom. The molecule has 6 atom stereocenters. The van der Waals surface area contributed by atoms with E-state index in [1.165, 1.54) is 24.3 Å². The molecule has 2 amide bonds. The minimum Gasteiger partial charge on any atom is -0.481 e. The third kappa shape index (κ3) is 19.8. The number of rotatable bonds is 30. The van der Waals surface area contributed by atoms with Crippen molar-refractivity contribution >= 4 is 60.6 Å². The van der Waals surface area contributed by atoms with Gasteiger partial charge in [0.05, 0.1) is 65.7 Å². The maximum absolute atomic E-state index is 15.6. The van der Waals surface area contributed by atoms with Crippen molar-refractivity contribution < 1.29 is 54.2 Å². The van der Waals surface area contributed by atoms with E-state index < -0.39 is 43.7 Å². The van der Waals surface area contributed by atoms with E-state index in [2.05, 4.69) is 51.2 Å². The highest BCUT2D eigenvalue weighted by Gasteiger charge is 2.43. The quantitative estimate of drug-likeness (QED) is 0.0281. The van der Waals surface area contributed by atoms with Gasteiger partial charge < -0.3 is 39.8 Å². The smallest absolute Gasteiger partial charge is 0.314 e. The van der Waals surface area contributed by atoms with Gasteiger partial charge in [-0.3, -0.25) is 19.5 Å². The van der Waals surface area contributed by atoms with E-state index in [9.17, 15) is 31.7 Å². The highest BCUT2D eigenvalue weighted by atomic mass is 35.5. The number of halogens is 4. The Labute approximate surface area is 563 Å². The molecule has 4 heterocycles. The fourth-order valence-electron chi connectivity index (χ4n) is 13.7. The fourth-order valence-corrected chi connectivity index (χ4v) is 17.1. The average molecular weight is 1380 g/mol. The van der Waals surface area contributed by atoms with Crippen LogP contribution in [0.25, 0.3) is 4.85 Å². The van der Waals surface area contributed by atoms with Gasteiger partial charge in [0.2, 0.25) is 10.0 Å². The number of carbonyl (C=O) groups excluding carboxylic acids is 2. The molecule has 512 valence electrons. The molecule has 0 aromatic heterocycles. The number of ketones is 1. The first-order valence-electron chi connectivity index (χ1n) is 33.3. The number of Topliss-reactive ketones (excluding diaryl/α,β-unsaturated/α-hetero) is 1.